The molecule has 0 spiro atoms. The normalized spacial score (nSPS) is 21.6. The van der Waals surface area contributed by atoms with Crippen LogP contribution < -0.4 is 5.73 Å². The minimum absolute atomic E-state index is 0.0369. The van der Waals surface area contributed by atoms with Gasteiger partial charge in [0.25, 0.3) is 0 Å². The van der Waals surface area contributed by atoms with E-state index in [0.717, 1.165) is 11.4 Å². The summed E-state index contributed by atoms with van der Waals surface area (Å²) < 4.78 is 0. The average Bonchev–Trinajstić information content (AvgIpc) is 3.17. The zero-order valence-electron chi connectivity index (χ0n) is 12.4. The van der Waals surface area contributed by atoms with Crippen molar-refractivity contribution in [1.29, 1.82) is 0 Å². The van der Waals surface area contributed by atoms with Crippen molar-refractivity contribution in [2.45, 2.75) is 26.2 Å². The Morgan fingerprint density at radius 2 is 2.20 bits per heavy atom. The Kier molecular flexibility index (Phi) is 4.40. The lowest BCUT2D eigenvalue weighted by molar-refractivity contribution is -0.132. The van der Waals surface area contributed by atoms with Crippen LogP contribution in [0.2, 0.25) is 5.02 Å². The first-order chi connectivity index (χ1) is 9.34. The van der Waals surface area contributed by atoms with E-state index in [4.69, 9.17) is 17.3 Å². The molecular formula is C16H23ClN2O. The number of hydrogen-bond acceptors (Lipinski definition) is 2. The fourth-order valence-corrected chi connectivity index (χ4v) is 2.84. The van der Waals surface area contributed by atoms with Crippen LogP contribution >= 0.6 is 11.6 Å². The van der Waals surface area contributed by atoms with E-state index < -0.39 is 0 Å². The Labute approximate surface area is 126 Å². The molecule has 2 N–H and O–H groups in total. The van der Waals surface area contributed by atoms with Gasteiger partial charge in [-0.3, -0.25) is 4.79 Å². The van der Waals surface area contributed by atoms with Crippen molar-refractivity contribution in [2.24, 2.45) is 17.1 Å². The molecule has 0 radical (unpaired) electrons. The number of nitrogens with zero attached hydrogens (tertiary/aromatic N) is 1. The fourth-order valence-electron chi connectivity index (χ4n) is 2.64. The van der Waals surface area contributed by atoms with Gasteiger partial charge in [0.1, 0.15) is 0 Å². The summed E-state index contributed by atoms with van der Waals surface area (Å²) >= 11 is 6.00. The Morgan fingerprint density at radius 1 is 1.50 bits per heavy atom. The molecule has 0 bridgehead atoms. The lowest BCUT2D eigenvalue weighted by Gasteiger charge is -2.29. The van der Waals surface area contributed by atoms with Crippen LogP contribution in [0.4, 0.5) is 0 Å². The SMILES string of the molecule is CN(CC(C)(C)CN)C(=O)C1CC1c1cccc(Cl)c1. The van der Waals surface area contributed by atoms with Crippen LogP contribution in [-0.2, 0) is 4.79 Å². The quantitative estimate of drug-likeness (QED) is 0.907. The zero-order chi connectivity index (χ0) is 14.9. The number of benzene rings is 1. The minimum Gasteiger partial charge on any atom is -0.345 e. The smallest absolute Gasteiger partial charge is 0.226 e. The van der Waals surface area contributed by atoms with Gasteiger partial charge in [-0.15, -0.1) is 0 Å². The molecule has 1 aromatic rings. The van der Waals surface area contributed by atoms with Crippen LogP contribution in [0.1, 0.15) is 31.7 Å². The number of nitrogens with two attached hydrogens (primary N) is 1. The van der Waals surface area contributed by atoms with Gasteiger partial charge in [-0.2, -0.15) is 0 Å². The summed E-state index contributed by atoms with van der Waals surface area (Å²) in [6, 6.07) is 7.82. The van der Waals surface area contributed by atoms with Crippen molar-refractivity contribution in [3.63, 3.8) is 0 Å². The Morgan fingerprint density at radius 3 is 2.80 bits per heavy atom. The Hall–Kier alpha value is -1.06. The molecule has 1 aliphatic rings. The van der Waals surface area contributed by atoms with Gasteiger partial charge in [0, 0.05) is 24.5 Å². The maximum atomic E-state index is 12.4. The first-order valence-electron chi connectivity index (χ1n) is 7.04. The molecule has 0 heterocycles. The van der Waals surface area contributed by atoms with Gasteiger partial charge in [-0.1, -0.05) is 37.6 Å². The number of carbonyl (C=O) groups is 1. The van der Waals surface area contributed by atoms with E-state index in [-0.39, 0.29) is 17.2 Å². The highest BCUT2D eigenvalue weighted by molar-refractivity contribution is 6.30. The molecule has 0 saturated heterocycles. The molecule has 1 aliphatic carbocycles. The summed E-state index contributed by atoms with van der Waals surface area (Å²) in [5, 5.41) is 0.734. The predicted molar refractivity (Wildman–Crippen MR) is 82.8 cm³/mol. The maximum Gasteiger partial charge on any atom is 0.226 e. The van der Waals surface area contributed by atoms with Gasteiger partial charge in [-0.05, 0) is 42.0 Å². The van der Waals surface area contributed by atoms with Crippen LogP contribution in [-0.4, -0.2) is 30.9 Å². The third-order valence-electron chi connectivity index (χ3n) is 3.98. The molecule has 1 amide bonds. The van der Waals surface area contributed by atoms with Crippen molar-refractivity contribution in [2.75, 3.05) is 20.1 Å². The molecular weight excluding hydrogens is 272 g/mol. The van der Waals surface area contributed by atoms with Gasteiger partial charge in [-0.25, -0.2) is 0 Å². The second-order valence-corrected chi connectivity index (χ2v) is 7.00. The molecule has 0 aliphatic heterocycles. The molecule has 20 heavy (non-hydrogen) atoms. The average molecular weight is 295 g/mol. The number of carbonyl (C=O) groups excluding carboxylic acids is 1. The summed E-state index contributed by atoms with van der Waals surface area (Å²) in [5.74, 6) is 0.646. The molecule has 3 nitrogen and oxygen atoms in total. The van der Waals surface area contributed by atoms with Gasteiger partial charge in [0.05, 0.1) is 0 Å². The first kappa shape index (κ1) is 15.3. The third kappa shape index (κ3) is 3.53. The van der Waals surface area contributed by atoms with E-state index in [9.17, 15) is 4.79 Å². The topological polar surface area (TPSA) is 46.3 Å². The van der Waals surface area contributed by atoms with E-state index in [0.29, 0.717) is 19.0 Å². The lowest BCUT2D eigenvalue weighted by Crippen LogP contribution is -2.40. The molecule has 1 fully saturated rings. The van der Waals surface area contributed by atoms with E-state index >= 15 is 0 Å². The van der Waals surface area contributed by atoms with Gasteiger partial charge < -0.3 is 10.6 Å². The van der Waals surface area contributed by atoms with Crippen molar-refractivity contribution in [1.82, 2.24) is 4.90 Å². The van der Waals surface area contributed by atoms with Crippen LogP contribution in [0, 0.1) is 11.3 Å². The summed E-state index contributed by atoms with van der Waals surface area (Å²) in [6.45, 7) is 5.43. The highest BCUT2D eigenvalue weighted by atomic mass is 35.5. The molecule has 2 unspecified atom stereocenters. The third-order valence-corrected chi connectivity index (χ3v) is 4.21. The largest absolute Gasteiger partial charge is 0.345 e. The van der Waals surface area contributed by atoms with Crippen molar-refractivity contribution < 1.29 is 4.79 Å². The Balaban J connectivity index is 1.96. The molecule has 4 heteroatoms. The van der Waals surface area contributed by atoms with E-state index in [1.54, 1.807) is 0 Å². The zero-order valence-corrected chi connectivity index (χ0v) is 13.2. The van der Waals surface area contributed by atoms with Crippen molar-refractivity contribution >= 4 is 17.5 Å². The van der Waals surface area contributed by atoms with E-state index in [2.05, 4.69) is 13.8 Å². The van der Waals surface area contributed by atoms with Gasteiger partial charge in [0.15, 0.2) is 0 Å². The molecule has 1 saturated carbocycles. The summed E-state index contributed by atoms with van der Waals surface area (Å²) in [5.41, 5.74) is 6.86. The van der Waals surface area contributed by atoms with E-state index in [1.807, 2.05) is 36.2 Å². The Bertz CT molecular complexity index is 501. The second kappa shape index (κ2) is 5.74. The fraction of sp³-hybridized carbons (Fsp3) is 0.562. The summed E-state index contributed by atoms with van der Waals surface area (Å²) in [6.07, 6.45) is 0.923. The summed E-state index contributed by atoms with van der Waals surface area (Å²) in [7, 11) is 1.87. The first-order valence-corrected chi connectivity index (χ1v) is 7.42. The predicted octanol–water partition coefficient (Wildman–Crippen LogP) is 2.89. The minimum atomic E-state index is -0.0369. The van der Waals surface area contributed by atoms with Crippen molar-refractivity contribution in [3.05, 3.63) is 34.9 Å². The molecule has 1 aromatic carbocycles. The number of rotatable bonds is 5. The highest BCUT2D eigenvalue weighted by Crippen LogP contribution is 2.48. The lowest BCUT2D eigenvalue weighted by atomic mass is 9.93. The highest BCUT2D eigenvalue weighted by Gasteiger charge is 2.45. The van der Waals surface area contributed by atoms with Crippen LogP contribution in [0.25, 0.3) is 0 Å². The van der Waals surface area contributed by atoms with Crippen molar-refractivity contribution in [3.8, 4) is 0 Å². The van der Waals surface area contributed by atoms with Crippen LogP contribution in [0.15, 0.2) is 24.3 Å². The van der Waals surface area contributed by atoms with Crippen LogP contribution in [0.3, 0.4) is 0 Å². The maximum absolute atomic E-state index is 12.4. The van der Waals surface area contributed by atoms with Crippen LogP contribution in [0.5, 0.6) is 0 Å². The second-order valence-electron chi connectivity index (χ2n) is 6.57. The molecule has 2 rings (SSSR count). The molecule has 2 atom stereocenters. The van der Waals surface area contributed by atoms with E-state index in [1.165, 1.54) is 5.56 Å². The number of halogens is 1. The monoisotopic (exact) mass is 294 g/mol. The number of hydrogen-bond donors (Lipinski definition) is 1. The summed E-state index contributed by atoms with van der Waals surface area (Å²) in [4.78, 5) is 14.2. The standard InChI is InChI=1S/C16H23ClN2O/c1-16(2,9-18)10-19(3)15(20)14-8-13(14)11-5-4-6-12(17)7-11/h4-7,13-14H,8-10,18H2,1-3H3. The van der Waals surface area contributed by atoms with Gasteiger partial charge in [0.2, 0.25) is 5.91 Å². The number of amides is 1. The molecule has 0 aromatic heterocycles. The van der Waals surface area contributed by atoms with Gasteiger partial charge >= 0.3 is 0 Å². The molecule has 110 valence electrons.